The lowest BCUT2D eigenvalue weighted by atomic mass is 10.0. The van der Waals surface area contributed by atoms with Gasteiger partial charge in [0.05, 0.1) is 29.4 Å². The Kier molecular flexibility index (Phi) is 11.9. The third kappa shape index (κ3) is 9.12. The number of pyridine rings is 2. The molecule has 4 aromatic heterocycles. The molecule has 6 heterocycles. The number of halogens is 1. The lowest BCUT2D eigenvalue weighted by Gasteiger charge is -2.13. The molecule has 302 valence electrons. The van der Waals surface area contributed by atoms with Crippen LogP contribution in [-0.4, -0.2) is 112 Å². The minimum atomic E-state index is -1.67. The number of rotatable bonds is 6. The number of hydrogen-bond donors (Lipinski definition) is 2. The fraction of sp³-hybridized carbons (Fsp3) is 0.222. The van der Waals surface area contributed by atoms with E-state index in [1.165, 1.54) is 9.80 Å². The molecule has 15 heteroatoms. The van der Waals surface area contributed by atoms with Gasteiger partial charge in [-0.1, -0.05) is 59.5 Å². The first-order valence-electron chi connectivity index (χ1n) is 18.9. The highest BCUT2D eigenvalue weighted by molar-refractivity contribution is 6.29. The van der Waals surface area contributed by atoms with Crippen LogP contribution in [0.25, 0.3) is 33.9 Å². The highest BCUT2D eigenvalue weighted by atomic mass is 35.5. The van der Waals surface area contributed by atoms with Crippen molar-refractivity contribution in [2.75, 3.05) is 33.8 Å². The van der Waals surface area contributed by atoms with Crippen molar-refractivity contribution in [3.8, 4) is 57.6 Å². The summed E-state index contributed by atoms with van der Waals surface area (Å²) in [5.74, 6) is 9.99. The molecular formula is C45H39ClN8O6. The maximum Gasteiger partial charge on any atom is 0.357 e. The normalized spacial score (nSPS) is 18.2. The molecule has 0 bridgehead atoms. The largest absolute Gasteiger partial charge is 0.461 e. The van der Waals surface area contributed by atoms with Crippen LogP contribution < -0.4 is 0 Å². The van der Waals surface area contributed by atoms with Crippen LogP contribution in [0.5, 0.6) is 0 Å². The molecule has 0 saturated carbocycles. The summed E-state index contributed by atoms with van der Waals surface area (Å²) >= 11 is 6.20. The summed E-state index contributed by atoms with van der Waals surface area (Å²) < 4.78 is 8.46. The standard InChI is InChI=1S/C24H22N4O4.C21H17ClN4O2/c1-3-32-22(29)21-16-19(28-12-5-11-25-28)15-20(26-21)18-7-4-6-17(14-18)8-9-24(31)10-13-27(2)23(24)30;1-25-11-8-21(28,20(25)27)7-6-15-4-2-5-16(12-15)18-13-17(14-19(22)24-18)26-10-3-9-23-26/h4-7,11-12,14-16,31H,3,10,13H2,1-2H3;2-5,9-10,12-14,28H,8,11H2,1H3/t24-;21-/m00/s1. The molecule has 2 saturated heterocycles. The molecule has 60 heavy (non-hydrogen) atoms. The number of nitrogens with zero attached hydrogens (tertiary/aromatic N) is 8. The lowest BCUT2D eigenvalue weighted by Crippen LogP contribution is -2.37. The second-order valence-corrected chi connectivity index (χ2v) is 14.5. The van der Waals surface area contributed by atoms with Crippen molar-refractivity contribution in [1.29, 1.82) is 0 Å². The predicted octanol–water partition coefficient (Wildman–Crippen LogP) is 4.59. The second-order valence-electron chi connectivity index (χ2n) is 14.1. The quantitative estimate of drug-likeness (QED) is 0.138. The smallest absolute Gasteiger partial charge is 0.357 e. The van der Waals surface area contributed by atoms with E-state index in [2.05, 4.69) is 43.8 Å². The van der Waals surface area contributed by atoms with Gasteiger partial charge in [-0.15, -0.1) is 0 Å². The number of carbonyl (C=O) groups is 3. The molecular weight excluding hydrogens is 784 g/mol. The lowest BCUT2D eigenvalue weighted by molar-refractivity contribution is -0.138. The summed E-state index contributed by atoms with van der Waals surface area (Å²) in [5.41, 5.74) is 2.39. The van der Waals surface area contributed by atoms with Gasteiger partial charge in [0, 0.05) is 93.1 Å². The zero-order valence-corrected chi connectivity index (χ0v) is 33.7. The minimum Gasteiger partial charge on any atom is -0.461 e. The number of hydrogen-bond acceptors (Lipinski definition) is 10. The highest BCUT2D eigenvalue weighted by Gasteiger charge is 2.43. The van der Waals surface area contributed by atoms with Crippen LogP contribution in [0.1, 0.15) is 41.4 Å². The zero-order chi connectivity index (χ0) is 42.4. The average molecular weight is 823 g/mol. The van der Waals surface area contributed by atoms with Gasteiger partial charge in [0.25, 0.3) is 11.8 Å². The van der Waals surface area contributed by atoms with Crippen LogP contribution in [-0.2, 0) is 14.3 Å². The number of likely N-dealkylation sites (N-methyl/N-ethyl adjacent to an activating group) is 2. The third-order valence-electron chi connectivity index (χ3n) is 9.77. The highest BCUT2D eigenvalue weighted by Crippen LogP contribution is 2.26. The van der Waals surface area contributed by atoms with Gasteiger partial charge in [0.15, 0.2) is 5.69 Å². The van der Waals surface area contributed by atoms with Gasteiger partial charge in [0.2, 0.25) is 11.2 Å². The van der Waals surface area contributed by atoms with Gasteiger partial charge in [-0.2, -0.15) is 10.2 Å². The van der Waals surface area contributed by atoms with Crippen molar-refractivity contribution in [3.05, 3.63) is 132 Å². The van der Waals surface area contributed by atoms with E-state index in [1.54, 1.807) is 85.4 Å². The number of aliphatic hydroxyl groups is 2. The Hall–Kier alpha value is -7.10. The Balaban J connectivity index is 0.000000183. The molecule has 2 fully saturated rings. The van der Waals surface area contributed by atoms with Gasteiger partial charge < -0.3 is 24.7 Å². The molecule has 2 aliphatic heterocycles. The molecule has 2 atom stereocenters. The zero-order valence-electron chi connectivity index (χ0n) is 32.9. The topological polar surface area (TPSA) is 169 Å². The number of ether oxygens (including phenoxy) is 1. The third-order valence-corrected chi connectivity index (χ3v) is 9.97. The van der Waals surface area contributed by atoms with E-state index in [4.69, 9.17) is 16.3 Å². The fourth-order valence-electron chi connectivity index (χ4n) is 6.52. The van der Waals surface area contributed by atoms with Gasteiger partial charge in [-0.05, 0) is 61.5 Å². The van der Waals surface area contributed by atoms with E-state index in [0.717, 1.165) is 16.8 Å². The van der Waals surface area contributed by atoms with Crippen molar-refractivity contribution in [2.24, 2.45) is 0 Å². The molecule has 0 radical (unpaired) electrons. The number of benzene rings is 2. The summed E-state index contributed by atoms with van der Waals surface area (Å²) in [4.78, 5) is 48.4. The van der Waals surface area contributed by atoms with Gasteiger partial charge in [-0.3, -0.25) is 9.59 Å². The van der Waals surface area contributed by atoms with Crippen LogP contribution in [0.2, 0.25) is 5.15 Å². The Labute approximate surface area is 351 Å². The van der Waals surface area contributed by atoms with Crippen LogP contribution in [0.15, 0.2) is 110 Å². The second kappa shape index (κ2) is 17.4. The molecule has 2 aromatic carbocycles. The average Bonchev–Trinajstić information content (AvgIpc) is 4.09. The monoisotopic (exact) mass is 822 g/mol. The Bertz CT molecular complexity index is 2700. The Morgan fingerprint density at radius 3 is 1.68 bits per heavy atom. The van der Waals surface area contributed by atoms with Gasteiger partial charge in [-0.25, -0.2) is 24.1 Å². The molecule has 0 spiro atoms. The molecule has 0 unspecified atom stereocenters. The minimum absolute atomic E-state index is 0.167. The summed E-state index contributed by atoms with van der Waals surface area (Å²) in [7, 11) is 3.30. The van der Waals surface area contributed by atoms with Crippen LogP contribution in [0.4, 0.5) is 0 Å². The molecule has 8 rings (SSSR count). The van der Waals surface area contributed by atoms with Crippen molar-refractivity contribution in [3.63, 3.8) is 0 Å². The van der Waals surface area contributed by atoms with Crippen LogP contribution in [0, 0.1) is 23.7 Å². The van der Waals surface area contributed by atoms with E-state index >= 15 is 0 Å². The van der Waals surface area contributed by atoms with Gasteiger partial charge >= 0.3 is 5.97 Å². The number of aromatic nitrogens is 6. The first-order valence-corrected chi connectivity index (χ1v) is 19.3. The predicted molar refractivity (Wildman–Crippen MR) is 223 cm³/mol. The summed E-state index contributed by atoms with van der Waals surface area (Å²) in [6.45, 7) is 2.93. The van der Waals surface area contributed by atoms with Crippen LogP contribution >= 0.6 is 11.6 Å². The van der Waals surface area contributed by atoms with Crippen molar-refractivity contribution in [1.82, 2.24) is 39.3 Å². The molecule has 2 N–H and O–H groups in total. The van der Waals surface area contributed by atoms with E-state index in [-0.39, 0.29) is 24.6 Å². The summed E-state index contributed by atoms with van der Waals surface area (Å²) in [5, 5.41) is 29.8. The van der Waals surface area contributed by atoms with Crippen molar-refractivity contribution in [2.45, 2.75) is 31.0 Å². The maximum atomic E-state index is 12.4. The molecule has 0 aliphatic carbocycles. The number of esters is 1. The van der Waals surface area contributed by atoms with Gasteiger partial charge in [0.1, 0.15) is 5.15 Å². The van der Waals surface area contributed by atoms with E-state index in [0.29, 0.717) is 52.9 Å². The molecule has 2 amide bonds. The number of amides is 2. The maximum absolute atomic E-state index is 12.4. The van der Waals surface area contributed by atoms with E-state index in [9.17, 15) is 24.6 Å². The first kappa shape index (κ1) is 41.1. The fourth-order valence-corrected chi connectivity index (χ4v) is 6.72. The molecule has 14 nitrogen and oxygen atoms in total. The van der Waals surface area contributed by atoms with Crippen molar-refractivity contribution < 1.29 is 29.3 Å². The molecule has 6 aromatic rings. The SMILES string of the molecule is CCOC(=O)c1cc(-n2cccn2)cc(-c2cccc(C#C[C@]3(O)CCN(C)C3=O)c2)n1.CN1CC[C@@](O)(C#Cc2cccc(-c3cc(-n4cccn4)cc(Cl)n3)c2)C1=O. The van der Waals surface area contributed by atoms with Crippen molar-refractivity contribution >= 4 is 29.4 Å². The first-order chi connectivity index (χ1) is 28.8. The van der Waals surface area contributed by atoms with E-state index < -0.39 is 23.1 Å². The molecule has 2 aliphatic rings. The summed E-state index contributed by atoms with van der Waals surface area (Å²) in [6, 6.07) is 25.3. The van der Waals surface area contributed by atoms with E-state index in [1.807, 2.05) is 54.7 Å². The summed E-state index contributed by atoms with van der Waals surface area (Å²) in [6.07, 6.45) is 7.51. The number of carbonyl (C=O) groups excluding carboxylic acids is 3. The Morgan fingerprint density at radius 1 is 0.733 bits per heavy atom. The Morgan fingerprint density at radius 2 is 1.23 bits per heavy atom. The van der Waals surface area contributed by atoms with Crippen LogP contribution in [0.3, 0.4) is 0 Å². The number of likely N-dealkylation sites (tertiary alicyclic amines) is 2.